The molecule has 0 saturated heterocycles. The van der Waals surface area contributed by atoms with Crippen molar-refractivity contribution in [1.82, 2.24) is 19.5 Å². The summed E-state index contributed by atoms with van der Waals surface area (Å²) in [6.45, 7) is 0.502. The van der Waals surface area contributed by atoms with Crippen molar-refractivity contribution < 1.29 is 9.18 Å². The largest absolute Gasteiger partial charge is 0.341 e. The first-order valence-electron chi connectivity index (χ1n) is 12.9. The van der Waals surface area contributed by atoms with Gasteiger partial charge >= 0.3 is 0 Å². The average Bonchev–Trinajstić information content (AvgIpc) is 3.71. The molecule has 190 valence electrons. The molecule has 0 radical (unpaired) electrons. The Hall–Kier alpha value is -4.52. The van der Waals surface area contributed by atoms with Crippen molar-refractivity contribution in [1.29, 1.82) is 0 Å². The van der Waals surface area contributed by atoms with E-state index >= 15 is 0 Å². The molecule has 0 bridgehead atoms. The number of aromatic nitrogens is 3. The van der Waals surface area contributed by atoms with E-state index in [0.717, 1.165) is 39.7 Å². The van der Waals surface area contributed by atoms with Crippen molar-refractivity contribution in [3.05, 3.63) is 114 Å². The van der Waals surface area contributed by atoms with Gasteiger partial charge in [0.05, 0.1) is 11.4 Å². The van der Waals surface area contributed by atoms with Gasteiger partial charge in [-0.2, -0.15) is 9.61 Å². The first kappa shape index (κ1) is 23.9. The number of anilines is 2. The van der Waals surface area contributed by atoms with E-state index in [4.69, 9.17) is 10.1 Å². The predicted molar refractivity (Wildman–Crippen MR) is 147 cm³/mol. The fraction of sp³-hybridized carbons (Fsp3) is 0.194. The van der Waals surface area contributed by atoms with Gasteiger partial charge in [-0.3, -0.25) is 4.79 Å². The topological polar surface area (TPSA) is 62.5 Å². The van der Waals surface area contributed by atoms with Gasteiger partial charge in [0.25, 0.3) is 5.91 Å². The van der Waals surface area contributed by atoms with Crippen LogP contribution >= 0.6 is 0 Å². The highest BCUT2D eigenvalue weighted by molar-refractivity contribution is 5.94. The molecule has 0 aliphatic heterocycles. The normalized spacial score (nSPS) is 13.0. The van der Waals surface area contributed by atoms with Crippen LogP contribution in [0.1, 0.15) is 40.4 Å². The molecule has 3 aromatic carbocycles. The van der Waals surface area contributed by atoms with Crippen LogP contribution in [0.5, 0.6) is 0 Å². The molecule has 1 fully saturated rings. The van der Waals surface area contributed by atoms with Gasteiger partial charge in [0.2, 0.25) is 0 Å². The van der Waals surface area contributed by atoms with E-state index < -0.39 is 0 Å². The summed E-state index contributed by atoms with van der Waals surface area (Å²) in [6, 6.07) is 28.1. The van der Waals surface area contributed by atoms with E-state index in [1.807, 2.05) is 71.2 Å². The Labute approximate surface area is 220 Å². The summed E-state index contributed by atoms with van der Waals surface area (Å²) in [5.74, 6) is 0.993. The van der Waals surface area contributed by atoms with E-state index in [1.165, 1.54) is 25.0 Å². The molecule has 1 N–H and O–H groups in total. The van der Waals surface area contributed by atoms with Crippen molar-refractivity contribution in [2.45, 2.75) is 25.2 Å². The van der Waals surface area contributed by atoms with E-state index in [9.17, 15) is 9.18 Å². The molecule has 5 aromatic rings. The maximum absolute atomic E-state index is 13.4. The maximum Gasteiger partial charge on any atom is 0.253 e. The number of hydrogen-bond acceptors (Lipinski definition) is 4. The highest BCUT2D eigenvalue weighted by Gasteiger charge is 2.27. The van der Waals surface area contributed by atoms with Crippen molar-refractivity contribution in [2.24, 2.45) is 0 Å². The molecule has 0 spiro atoms. The van der Waals surface area contributed by atoms with Crippen molar-refractivity contribution in [3.63, 3.8) is 0 Å². The molecule has 1 saturated carbocycles. The number of likely N-dealkylation sites (N-methyl/N-ethyl adjacent to an activating group) is 1. The van der Waals surface area contributed by atoms with Crippen LogP contribution in [0.15, 0.2) is 91.0 Å². The molecular formula is C31H28FN5O. The highest BCUT2D eigenvalue weighted by Crippen LogP contribution is 2.40. The number of carbonyl (C=O) groups is 1. The molecule has 6 rings (SSSR count). The summed E-state index contributed by atoms with van der Waals surface area (Å²) in [6.07, 6.45) is 2.93. The third kappa shape index (κ3) is 5.13. The lowest BCUT2D eigenvalue weighted by molar-refractivity contribution is 0.0796. The van der Waals surface area contributed by atoms with Gasteiger partial charge in [0, 0.05) is 48.5 Å². The van der Waals surface area contributed by atoms with Gasteiger partial charge < -0.3 is 10.2 Å². The van der Waals surface area contributed by atoms with Crippen LogP contribution in [0.2, 0.25) is 0 Å². The second-order valence-electron chi connectivity index (χ2n) is 9.82. The molecule has 1 aliphatic rings. The molecule has 0 atom stereocenters. The highest BCUT2D eigenvalue weighted by atomic mass is 19.1. The summed E-state index contributed by atoms with van der Waals surface area (Å²) in [5, 5.41) is 8.31. The van der Waals surface area contributed by atoms with E-state index in [2.05, 4.69) is 11.4 Å². The Morgan fingerprint density at radius 3 is 2.53 bits per heavy atom. The zero-order valence-electron chi connectivity index (χ0n) is 21.1. The SMILES string of the molecule is CN(CCc1cccc(F)c1)C(=O)c1ccc(Nc2cc(-c3ccccc3)nc3cc(C4CC4)nn23)cc1. The Bertz CT molecular complexity index is 1590. The smallest absolute Gasteiger partial charge is 0.253 e. The standard InChI is InChI=1S/C31H28FN5O/c1-36(17-16-21-6-5-9-25(32)18-21)31(38)24-12-14-26(15-13-24)33-29-19-27(22-7-3-2-4-8-22)34-30-20-28(23-10-11-23)35-37(29)30/h2-9,12-15,18-20,23,33H,10-11,16-17H2,1H3. The van der Waals surface area contributed by atoms with Gasteiger partial charge in [0.15, 0.2) is 5.65 Å². The molecular weight excluding hydrogens is 477 g/mol. The minimum absolute atomic E-state index is 0.0771. The first-order valence-corrected chi connectivity index (χ1v) is 12.9. The molecule has 1 amide bonds. The summed E-state index contributed by atoms with van der Waals surface area (Å²) >= 11 is 0. The molecule has 7 heteroatoms. The third-order valence-electron chi connectivity index (χ3n) is 6.89. The summed E-state index contributed by atoms with van der Waals surface area (Å²) in [4.78, 5) is 19.5. The quantitative estimate of drug-likeness (QED) is 0.263. The second-order valence-corrected chi connectivity index (χ2v) is 9.82. The molecule has 2 heterocycles. The van der Waals surface area contributed by atoms with E-state index in [0.29, 0.717) is 24.4 Å². The zero-order valence-corrected chi connectivity index (χ0v) is 21.1. The zero-order chi connectivity index (χ0) is 26.1. The molecule has 0 unspecified atom stereocenters. The van der Waals surface area contributed by atoms with Gasteiger partial charge in [-0.25, -0.2) is 9.37 Å². The van der Waals surface area contributed by atoms with Gasteiger partial charge in [-0.1, -0.05) is 42.5 Å². The fourth-order valence-electron chi connectivity index (χ4n) is 4.57. The molecule has 6 nitrogen and oxygen atoms in total. The first-order chi connectivity index (χ1) is 18.5. The Morgan fingerprint density at radius 1 is 1.00 bits per heavy atom. The third-order valence-corrected chi connectivity index (χ3v) is 6.89. The van der Waals surface area contributed by atoms with E-state index in [1.54, 1.807) is 18.0 Å². The Kier molecular flexibility index (Phi) is 6.33. The lowest BCUT2D eigenvalue weighted by atomic mass is 10.1. The van der Waals surface area contributed by atoms with Crippen LogP contribution in [-0.4, -0.2) is 39.0 Å². The number of amides is 1. The second kappa shape index (κ2) is 10.1. The summed E-state index contributed by atoms with van der Waals surface area (Å²) in [5.41, 5.74) is 6.10. The fourth-order valence-corrected chi connectivity index (χ4v) is 4.57. The number of rotatable bonds is 8. The molecule has 2 aromatic heterocycles. The Balaban J connectivity index is 1.21. The Morgan fingerprint density at radius 2 is 1.79 bits per heavy atom. The lowest BCUT2D eigenvalue weighted by Gasteiger charge is -2.18. The van der Waals surface area contributed by atoms with Crippen LogP contribution in [0.4, 0.5) is 15.9 Å². The molecule has 38 heavy (non-hydrogen) atoms. The van der Waals surface area contributed by atoms with Crippen molar-refractivity contribution in [2.75, 3.05) is 18.9 Å². The number of halogens is 1. The number of nitrogens with zero attached hydrogens (tertiary/aromatic N) is 4. The summed E-state index contributed by atoms with van der Waals surface area (Å²) < 4.78 is 15.3. The van der Waals surface area contributed by atoms with Crippen LogP contribution in [0, 0.1) is 5.82 Å². The monoisotopic (exact) mass is 505 g/mol. The number of carbonyl (C=O) groups excluding carboxylic acids is 1. The van der Waals surface area contributed by atoms with Crippen LogP contribution in [-0.2, 0) is 6.42 Å². The summed E-state index contributed by atoms with van der Waals surface area (Å²) in [7, 11) is 1.77. The van der Waals surface area contributed by atoms with Crippen LogP contribution in [0.25, 0.3) is 16.9 Å². The number of benzene rings is 3. The number of nitrogens with one attached hydrogen (secondary N) is 1. The number of fused-ring (bicyclic) bond motifs is 1. The van der Waals surface area contributed by atoms with Gasteiger partial charge in [-0.05, 0) is 61.2 Å². The van der Waals surface area contributed by atoms with Gasteiger partial charge in [0.1, 0.15) is 11.6 Å². The van der Waals surface area contributed by atoms with Crippen LogP contribution in [0.3, 0.4) is 0 Å². The minimum Gasteiger partial charge on any atom is -0.341 e. The van der Waals surface area contributed by atoms with Crippen molar-refractivity contribution in [3.8, 4) is 11.3 Å². The maximum atomic E-state index is 13.4. The number of hydrogen-bond donors (Lipinski definition) is 1. The van der Waals surface area contributed by atoms with E-state index in [-0.39, 0.29) is 11.7 Å². The van der Waals surface area contributed by atoms with Gasteiger partial charge in [-0.15, -0.1) is 0 Å². The van der Waals surface area contributed by atoms with Crippen LogP contribution < -0.4 is 5.32 Å². The predicted octanol–water partition coefficient (Wildman–Crippen LogP) is 6.47. The molecule has 1 aliphatic carbocycles. The lowest BCUT2D eigenvalue weighted by Crippen LogP contribution is -2.28. The van der Waals surface area contributed by atoms with Crippen molar-refractivity contribution >= 4 is 23.1 Å². The average molecular weight is 506 g/mol. The minimum atomic E-state index is -0.263.